The van der Waals surface area contributed by atoms with Gasteiger partial charge in [0.1, 0.15) is 0 Å². The summed E-state index contributed by atoms with van der Waals surface area (Å²) in [4.78, 5) is 12.0. The quantitative estimate of drug-likeness (QED) is 0.863. The minimum Gasteiger partial charge on any atom is -0.325 e. The standard InChI is InChI=1S/C17H26N2O/c1-3-14-8-6-9-15(11-14)18-12-17(20)19-16-10-5-4-7-13(16)2/h4-5,7,10,14-15,18H,3,6,8-9,11-12H2,1-2H3,(H,19,20). The van der Waals surface area contributed by atoms with Crippen molar-refractivity contribution < 1.29 is 4.79 Å². The number of para-hydroxylation sites is 1. The summed E-state index contributed by atoms with van der Waals surface area (Å²) in [7, 11) is 0. The summed E-state index contributed by atoms with van der Waals surface area (Å²) >= 11 is 0. The summed E-state index contributed by atoms with van der Waals surface area (Å²) in [5.41, 5.74) is 2.01. The molecule has 20 heavy (non-hydrogen) atoms. The second-order valence-electron chi connectivity index (χ2n) is 5.88. The highest BCUT2D eigenvalue weighted by Crippen LogP contribution is 2.26. The van der Waals surface area contributed by atoms with Crippen LogP contribution in [-0.4, -0.2) is 18.5 Å². The van der Waals surface area contributed by atoms with E-state index in [9.17, 15) is 4.79 Å². The zero-order valence-corrected chi connectivity index (χ0v) is 12.6. The van der Waals surface area contributed by atoms with Crippen molar-refractivity contribution in [1.82, 2.24) is 5.32 Å². The molecule has 1 fully saturated rings. The van der Waals surface area contributed by atoms with Crippen LogP contribution >= 0.6 is 0 Å². The summed E-state index contributed by atoms with van der Waals surface area (Å²) in [5, 5.41) is 6.39. The van der Waals surface area contributed by atoms with E-state index in [0.29, 0.717) is 12.6 Å². The Balaban J connectivity index is 1.76. The molecule has 1 amide bonds. The molecule has 0 heterocycles. The van der Waals surface area contributed by atoms with Gasteiger partial charge in [0.15, 0.2) is 0 Å². The van der Waals surface area contributed by atoms with E-state index < -0.39 is 0 Å². The first kappa shape index (κ1) is 15.0. The highest BCUT2D eigenvalue weighted by atomic mass is 16.1. The third-order valence-electron chi connectivity index (χ3n) is 4.33. The number of hydrogen-bond acceptors (Lipinski definition) is 2. The van der Waals surface area contributed by atoms with E-state index >= 15 is 0 Å². The van der Waals surface area contributed by atoms with E-state index in [1.165, 1.54) is 32.1 Å². The van der Waals surface area contributed by atoms with Crippen LogP contribution in [0.4, 0.5) is 5.69 Å². The van der Waals surface area contributed by atoms with E-state index in [1.807, 2.05) is 31.2 Å². The average molecular weight is 274 g/mol. The molecule has 0 radical (unpaired) electrons. The molecular weight excluding hydrogens is 248 g/mol. The monoisotopic (exact) mass is 274 g/mol. The molecule has 110 valence electrons. The molecule has 1 aliphatic carbocycles. The number of rotatable bonds is 5. The number of anilines is 1. The molecule has 2 unspecified atom stereocenters. The molecule has 1 aromatic rings. The number of nitrogens with one attached hydrogen (secondary N) is 2. The van der Waals surface area contributed by atoms with Gasteiger partial charge >= 0.3 is 0 Å². The number of carbonyl (C=O) groups excluding carboxylic acids is 1. The van der Waals surface area contributed by atoms with Crippen LogP contribution in [-0.2, 0) is 4.79 Å². The summed E-state index contributed by atoms with van der Waals surface area (Å²) in [6, 6.07) is 8.40. The van der Waals surface area contributed by atoms with E-state index in [4.69, 9.17) is 0 Å². The second-order valence-corrected chi connectivity index (χ2v) is 5.88. The van der Waals surface area contributed by atoms with Gasteiger partial charge in [0, 0.05) is 11.7 Å². The van der Waals surface area contributed by atoms with E-state index in [1.54, 1.807) is 0 Å². The lowest BCUT2D eigenvalue weighted by Gasteiger charge is -2.29. The number of hydrogen-bond donors (Lipinski definition) is 2. The zero-order chi connectivity index (χ0) is 14.4. The molecule has 2 atom stereocenters. The average Bonchev–Trinajstić information content (AvgIpc) is 2.48. The molecule has 0 aliphatic heterocycles. The summed E-state index contributed by atoms with van der Waals surface area (Å²) in [5.74, 6) is 0.888. The van der Waals surface area contributed by atoms with Crippen molar-refractivity contribution in [3.8, 4) is 0 Å². The van der Waals surface area contributed by atoms with Gasteiger partial charge in [0.2, 0.25) is 5.91 Å². The molecule has 1 saturated carbocycles. The van der Waals surface area contributed by atoms with Gasteiger partial charge in [-0.3, -0.25) is 4.79 Å². The van der Waals surface area contributed by atoms with Crippen molar-refractivity contribution in [1.29, 1.82) is 0 Å². The third-order valence-corrected chi connectivity index (χ3v) is 4.33. The number of benzene rings is 1. The van der Waals surface area contributed by atoms with Crippen LogP contribution in [0.15, 0.2) is 24.3 Å². The predicted octanol–water partition coefficient (Wildman–Crippen LogP) is 3.49. The van der Waals surface area contributed by atoms with Crippen LogP contribution < -0.4 is 10.6 Å². The molecule has 2 N–H and O–H groups in total. The summed E-state index contributed by atoms with van der Waals surface area (Å²) in [6.07, 6.45) is 6.32. The van der Waals surface area contributed by atoms with Gasteiger partial charge < -0.3 is 10.6 Å². The van der Waals surface area contributed by atoms with Crippen LogP contribution in [0.1, 0.15) is 44.6 Å². The van der Waals surface area contributed by atoms with Crippen LogP contribution in [0.25, 0.3) is 0 Å². The van der Waals surface area contributed by atoms with Crippen molar-refractivity contribution in [3.05, 3.63) is 29.8 Å². The molecular formula is C17H26N2O. The molecule has 0 bridgehead atoms. The van der Waals surface area contributed by atoms with Gasteiger partial charge in [0.05, 0.1) is 6.54 Å². The number of amides is 1. The first-order valence-corrected chi connectivity index (χ1v) is 7.78. The van der Waals surface area contributed by atoms with E-state index in [2.05, 4.69) is 17.6 Å². The molecule has 3 nitrogen and oxygen atoms in total. The fourth-order valence-electron chi connectivity index (χ4n) is 2.99. The highest BCUT2D eigenvalue weighted by molar-refractivity contribution is 5.92. The zero-order valence-electron chi connectivity index (χ0n) is 12.6. The fourth-order valence-corrected chi connectivity index (χ4v) is 2.99. The third kappa shape index (κ3) is 4.34. The van der Waals surface area contributed by atoms with Crippen molar-refractivity contribution in [2.75, 3.05) is 11.9 Å². The Morgan fingerprint density at radius 3 is 2.85 bits per heavy atom. The fraction of sp³-hybridized carbons (Fsp3) is 0.588. The summed E-state index contributed by atoms with van der Waals surface area (Å²) in [6.45, 7) is 4.68. The minimum absolute atomic E-state index is 0.0536. The van der Waals surface area contributed by atoms with Crippen LogP contribution in [0, 0.1) is 12.8 Å². The van der Waals surface area contributed by atoms with Crippen molar-refractivity contribution in [3.63, 3.8) is 0 Å². The van der Waals surface area contributed by atoms with Gasteiger partial charge in [-0.15, -0.1) is 0 Å². The Labute approximate surface area is 122 Å². The Morgan fingerprint density at radius 2 is 2.10 bits per heavy atom. The van der Waals surface area contributed by atoms with Crippen LogP contribution in [0.2, 0.25) is 0 Å². The first-order valence-electron chi connectivity index (χ1n) is 7.78. The lowest BCUT2D eigenvalue weighted by atomic mass is 9.84. The second kappa shape index (κ2) is 7.44. The maximum absolute atomic E-state index is 12.0. The van der Waals surface area contributed by atoms with Crippen molar-refractivity contribution in [2.45, 2.75) is 52.0 Å². The largest absolute Gasteiger partial charge is 0.325 e. The Bertz CT molecular complexity index is 444. The highest BCUT2D eigenvalue weighted by Gasteiger charge is 2.20. The molecule has 1 aliphatic rings. The molecule has 2 rings (SSSR count). The Morgan fingerprint density at radius 1 is 1.30 bits per heavy atom. The number of aryl methyl sites for hydroxylation is 1. The van der Waals surface area contributed by atoms with Gasteiger partial charge in [-0.1, -0.05) is 44.4 Å². The molecule has 3 heteroatoms. The van der Waals surface area contributed by atoms with Gasteiger partial charge in [-0.05, 0) is 37.3 Å². The van der Waals surface area contributed by atoms with E-state index in [0.717, 1.165) is 17.2 Å². The lowest BCUT2D eigenvalue weighted by molar-refractivity contribution is -0.115. The normalized spacial score (nSPS) is 22.5. The van der Waals surface area contributed by atoms with Gasteiger partial charge in [-0.2, -0.15) is 0 Å². The van der Waals surface area contributed by atoms with Crippen molar-refractivity contribution in [2.24, 2.45) is 5.92 Å². The van der Waals surface area contributed by atoms with Crippen LogP contribution in [0.3, 0.4) is 0 Å². The SMILES string of the molecule is CCC1CCCC(NCC(=O)Nc2ccccc2C)C1. The first-order chi connectivity index (χ1) is 9.69. The van der Waals surface area contributed by atoms with Crippen molar-refractivity contribution >= 4 is 11.6 Å². The van der Waals surface area contributed by atoms with Crippen LogP contribution in [0.5, 0.6) is 0 Å². The summed E-state index contributed by atoms with van der Waals surface area (Å²) < 4.78 is 0. The molecule has 0 aromatic heterocycles. The predicted molar refractivity (Wildman–Crippen MR) is 83.8 cm³/mol. The van der Waals surface area contributed by atoms with E-state index in [-0.39, 0.29) is 5.91 Å². The maximum atomic E-state index is 12.0. The van der Waals surface area contributed by atoms with Gasteiger partial charge in [-0.25, -0.2) is 0 Å². The van der Waals surface area contributed by atoms with Gasteiger partial charge in [0.25, 0.3) is 0 Å². The molecule has 0 saturated heterocycles. The Kier molecular flexibility index (Phi) is 5.60. The minimum atomic E-state index is 0.0536. The topological polar surface area (TPSA) is 41.1 Å². The molecule has 1 aromatic carbocycles. The maximum Gasteiger partial charge on any atom is 0.238 e. The lowest BCUT2D eigenvalue weighted by Crippen LogP contribution is -2.39. The smallest absolute Gasteiger partial charge is 0.238 e. The Hall–Kier alpha value is -1.35. The molecule has 0 spiro atoms. The number of carbonyl (C=O) groups is 1.